The summed E-state index contributed by atoms with van der Waals surface area (Å²) in [5, 5.41) is 0. The van der Waals surface area contributed by atoms with Gasteiger partial charge in [0.1, 0.15) is 0 Å². The zero-order valence-electron chi connectivity index (χ0n) is 15.3. The molecule has 0 aliphatic heterocycles. The van der Waals surface area contributed by atoms with Gasteiger partial charge in [0.2, 0.25) is 0 Å². The van der Waals surface area contributed by atoms with Crippen molar-refractivity contribution in [3.05, 3.63) is 29.8 Å². The molecule has 0 heterocycles. The summed E-state index contributed by atoms with van der Waals surface area (Å²) in [5.74, 6) is 0.501. The van der Waals surface area contributed by atoms with Gasteiger partial charge in [0.05, 0.1) is 4.90 Å². The molecule has 1 rings (SSSR count). The minimum Gasteiger partial charge on any atom is -0.282 e. The summed E-state index contributed by atoms with van der Waals surface area (Å²) >= 11 is 0. The molecule has 0 spiro atoms. The zero-order valence-corrected chi connectivity index (χ0v) is 16.2. The number of benzene rings is 1. The zero-order chi connectivity index (χ0) is 17.8. The second kappa shape index (κ2) is 11.6. The van der Waals surface area contributed by atoms with Crippen LogP contribution in [0, 0.1) is 5.92 Å². The van der Waals surface area contributed by atoms with E-state index in [9.17, 15) is 13.0 Å². The molecule has 0 bridgehead atoms. The van der Waals surface area contributed by atoms with Gasteiger partial charge in [-0.15, -0.1) is 0 Å². The number of hydrogen-bond acceptors (Lipinski definition) is 2. The van der Waals surface area contributed by atoms with Crippen LogP contribution in [-0.4, -0.2) is 13.0 Å². The summed E-state index contributed by atoms with van der Waals surface area (Å²) in [6.07, 6.45) is 13.0. The van der Waals surface area contributed by atoms with Crippen molar-refractivity contribution in [1.29, 1.82) is 0 Å². The first-order valence-electron chi connectivity index (χ1n) is 9.54. The van der Waals surface area contributed by atoms with E-state index in [4.69, 9.17) is 0 Å². The fourth-order valence-corrected chi connectivity index (χ4v) is 4.04. The largest absolute Gasteiger partial charge is 0.294 e. The van der Waals surface area contributed by atoms with Gasteiger partial charge in [0.15, 0.2) is 0 Å². The summed E-state index contributed by atoms with van der Waals surface area (Å²) < 4.78 is 32.6. The average Bonchev–Trinajstić information content (AvgIpc) is 2.54. The van der Waals surface area contributed by atoms with Crippen LogP contribution in [0.4, 0.5) is 0 Å². The smallest absolute Gasteiger partial charge is 0.282 e. The van der Waals surface area contributed by atoms with Crippen LogP contribution < -0.4 is 0 Å². The van der Waals surface area contributed by atoms with Gasteiger partial charge in [-0.1, -0.05) is 96.3 Å². The highest BCUT2D eigenvalue weighted by Gasteiger charge is 2.18. The fraction of sp³-hybridized carbons (Fsp3) is 0.700. The Labute approximate surface area is 148 Å². The van der Waals surface area contributed by atoms with Crippen LogP contribution in [0.3, 0.4) is 0 Å². The van der Waals surface area contributed by atoms with E-state index in [2.05, 4.69) is 13.8 Å². The Morgan fingerprint density at radius 2 is 1.42 bits per heavy atom. The predicted octanol–water partition coefficient (Wildman–Crippen LogP) is 6.03. The van der Waals surface area contributed by atoms with E-state index in [1.807, 2.05) is 12.1 Å². The molecule has 1 atom stereocenters. The molecule has 0 aliphatic rings. The van der Waals surface area contributed by atoms with Gasteiger partial charge in [-0.3, -0.25) is 4.55 Å². The first-order chi connectivity index (χ1) is 11.5. The van der Waals surface area contributed by atoms with Crippen molar-refractivity contribution >= 4 is 10.1 Å². The lowest BCUT2D eigenvalue weighted by molar-refractivity contribution is 0.402. The predicted molar refractivity (Wildman–Crippen MR) is 101 cm³/mol. The van der Waals surface area contributed by atoms with E-state index in [0.717, 1.165) is 24.8 Å². The van der Waals surface area contributed by atoms with Crippen LogP contribution in [0.25, 0.3) is 0 Å². The van der Waals surface area contributed by atoms with Gasteiger partial charge in [-0.2, -0.15) is 8.42 Å². The molecule has 0 radical (unpaired) electrons. The van der Waals surface area contributed by atoms with E-state index in [0.29, 0.717) is 5.92 Å². The number of rotatable bonds is 13. The monoisotopic (exact) mass is 354 g/mol. The van der Waals surface area contributed by atoms with E-state index >= 15 is 0 Å². The molecular weight excluding hydrogens is 320 g/mol. The normalized spacial score (nSPS) is 13.1. The van der Waals surface area contributed by atoms with Crippen molar-refractivity contribution in [3.8, 4) is 0 Å². The molecule has 1 unspecified atom stereocenters. The van der Waals surface area contributed by atoms with Crippen LogP contribution in [0.5, 0.6) is 0 Å². The fourth-order valence-electron chi connectivity index (χ4n) is 3.30. The number of hydrogen-bond donors (Lipinski definition) is 1. The van der Waals surface area contributed by atoms with Gasteiger partial charge in [0, 0.05) is 0 Å². The molecule has 0 amide bonds. The Bertz CT molecular complexity index is 552. The topological polar surface area (TPSA) is 54.4 Å². The Morgan fingerprint density at radius 3 is 2.04 bits per heavy atom. The van der Waals surface area contributed by atoms with E-state index in [1.54, 1.807) is 6.07 Å². The lowest BCUT2D eigenvalue weighted by Crippen LogP contribution is -2.10. The minimum atomic E-state index is -4.14. The van der Waals surface area contributed by atoms with Crippen LogP contribution >= 0.6 is 0 Å². The van der Waals surface area contributed by atoms with Gasteiger partial charge < -0.3 is 0 Å². The average molecular weight is 355 g/mol. The summed E-state index contributed by atoms with van der Waals surface area (Å²) in [5.41, 5.74) is 0.759. The Hall–Kier alpha value is -0.870. The first kappa shape index (κ1) is 21.2. The maximum absolute atomic E-state index is 11.6. The second-order valence-corrected chi connectivity index (χ2v) is 8.24. The van der Waals surface area contributed by atoms with Gasteiger partial charge in [0.25, 0.3) is 10.1 Å². The van der Waals surface area contributed by atoms with Crippen molar-refractivity contribution < 1.29 is 13.0 Å². The third-order valence-corrected chi connectivity index (χ3v) is 5.65. The highest BCUT2D eigenvalue weighted by atomic mass is 32.2. The maximum atomic E-state index is 11.6. The van der Waals surface area contributed by atoms with Crippen LogP contribution in [0.2, 0.25) is 0 Å². The van der Waals surface area contributed by atoms with Gasteiger partial charge >= 0.3 is 0 Å². The molecule has 0 fully saturated rings. The van der Waals surface area contributed by atoms with E-state index in [1.165, 1.54) is 57.4 Å². The van der Waals surface area contributed by atoms with Crippen molar-refractivity contribution in [2.45, 2.75) is 89.4 Å². The molecule has 4 heteroatoms. The van der Waals surface area contributed by atoms with Crippen molar-refractivity contribution in [3.63, 3.8) is 0 Å². The quantitative estimate of drug-likeness (QED) is 0.347. The molecule has 1 N–H and O–H groups in total. The van der Waals surface area contributed by atoms with Crippen molar-refractivity contribution in [2.75, 3.05) is 0 Å². The molecule has 0 aromatic heterocycles. The third kappa shape index (κ3) is 8.29. The summed E-state index contributed by atoms with van der Waals surface area (Å²) in [4.78, 5) is 0.0801. The molecular formula is C20H34O3S. The lowest BCUT2D eigenvalue weighted by atomic mass is 9.89. The van der Waals surface area contributed by atoms with E-state index in [-0.39, 0.29) is 4.90 Å². The third-order valence-electron chi connectivity index (χ3n) is 4.69. The van der Waals surface area contributed by atoms with Gasteiger partial charge in [-0.25, -0.2) is 0 Å². The van der Waals surface area contributed by atoms with E-state index < -0.39 is 10.1 Å². The summed E-state index contributed by atoms with van der Waals surface area (Å²) in [7, 11) is -4.14. The molecule has 138 valence electrons. The van der Waals surface area contributed by atoms with Crippen LogP contribution in [0.15, 0.2) is 29.2 Å². The lowest BCUT2D eigenvalue weighted by Gasteiger charge is -2.18. The first-order valence-corrected chi connectivity index (χ1v) is 11.0. The molecule has 24 heavy (non-hydrogen) atoms. The highest BCUT2D eigenvalue weighted by molar-refractivity contribution is 7.85. The molecule has 0 saturated heterocycles. The molecule has 3 nitrogen and oxygen atoms in total. The molecule has 0 aliphatic carbocycles. The van der Waals surface area contributed by atoms with Gasteiger partial charge in [-0.05, 0) is 24.0 Å². The highest BCUT2D eigenvalue weighted by Crippen LogP contribution is 2.25. The summed E-state index contributed by atoms with van der Waals surface area (Å²) in [6, 6.07) is 6.87. The van der Waals surface area contributed by atoms with Crippen LogP contribution in [-0.2, 0) is 16.5 Å². The molecule has 1 aromatic carbocycles. The van der Waals surface area contributed by atoms with Crippen molar-refractivity contribution in [2.24, 2.45) is 5.92 Å². The number of unbranched alkanes of at least 4 members (excludes halogenated alkanes) is 6. The molecule has 1 aromatic rings. The maximum Gasteiger partial charge on any atom is 0.294 e. The Kier molecular flexibility index (Phi) is 10.3. The molecule has 0 saturated carbocycles. The standard InChI is InChI=1S/C20H34O3S/c1-3-5-7-8-10-14-18(13-9-6-4-2)17-19-15-11-12-16-20(19)24(21,22)23/h11-12,15-16,18H,3-10,13-14,17H2,1-2H3,(H,21,22,23). The van der Waals surface area contributed by atoms with Crippen LogP contribution in [0.1, 0.15) is 83.6 Å². The second-order valence-electron chi connectivity index (χ2n) is 6.85. The van der Waals surface area contributed by atoms with Crippen molar-refractivity contribution in [1.82, 2.24) is 0 Å². The minimum absolute atomic E-state index is 0.0801. The summed E-state index contributed by atoms with van der Waals surface area (Å²) in [6.45, 7) is 4.42. The Balaban J connectivity index is 2.69. The SMILES string of the molecule is CCCCCCCC(CCCCC)Cc1ccccc1S(=O)(=O)O. The Morgan fingerprint density at radius 1 is 0.875 bits per heavy atom.